The number of carboxylic acids is 1. The van der Waals surface area contributed by atoms with Crippen LogP contribution in [0, 0.1) is 0 Å². The van der Waals surface area contributed by atoms with E-state index in [9.17, 15) is 9.59 Å². The average molecular weight is 378 g/mol. The van der Waals surface area contributed by atoms with E-state index in [2.05, 4.69) is 18.2 Å². The van der Waals surface area contributed by atoms with E-state index >= 15 is 0 Å². The maximum atomic E-state index is 13.1. The number of rotatable bonds is 4. The van der Waals surface area contributed by atoms with E-state index in [4.69, 9.17) is 5.11 Å². The molecular weight excluding hydrogens is 352 g/mol. The van der Waals surface area contributed by atoms with E-state index in [1.54, 1.807) is 0 Å². The Bertz CT molecular complexity index is 854. The van der Waals surface area contributed by atoms with Gasteiger partial charge in [0.2, 0.25) is 0 Å². The largest absolute Gasteiger partial charge is 0.480 e. The molecule has 2 heterocycles. The van der Waals surface area contributed by atoms with Crippen LogP contribution in [0.25, 0.3) is 0 Å². The summed E-state index contributed by atoms with van der Waals surface area (Å²) in [5.41, 5.74) is 4.25. The molecule has 0 aliphatic carbocycles. The minimum absolute atomic E-state index is 0.0648. The van der Waals surface area contributed by atoms with Gasteiger partial charge in [-0.15, -0.1) is 0 Å². The zero-order chi connectivity index (χ0) is 19.5. The number of fused-ring (bicyclic) bond motifs is 1. The number of likely N-dealkylation sites (tertiary alicyclic amines) is 1. The van der Waals surface area contributed by atoms with Crippen molar-refractivity contribution in [3.05, 3.63) is 65.2 Å². The molecule has 2 aromatic rings. The summed E-state index contributed by atoms with van der Waals surface area (Å²) in [6.45, 7) is 2.50. The molecule has 1 fully saturated rings. The lowest BCUT2D eigenvalue weighted by Gasteiger charge is -2.31. The van der Waals surface area contributed by atoms with Crippen molar-refractivity contribution in [1.82, 2.24) is 4.90 Å². The standard InChI is InChI=1S/C23H26N2O3/c26-22(27)16-24-14-11-18(12-15-24)17-7-9-20(10-8-17)23(28)25-13-3-5-19-4-1-2-6-21(19)25/h1-2,4,6-10,18H,3,5,11-16H2,(H,26,27). The van der Waals surface area contributed by atoms with Gasteiger partial charge in [-0.1, -0.05) is 30.3 Å². The summed E-state index contributed by atoms with van der Waals surface area (Å²) in [6.07, 6.45) is 3.94. The van der Waals surface area contributed by atoms with Gasteiger partial charge in [-0.05, 0) is 74.0 Å². The van der Waals surface area contributed by atoms with Crippen molar-refractivity contribution < 1.29 is 14.7 Å². The lowest BCUT2D eigenvalue weighted by molar-refractivity contribution is -0.138. The summed E-state index contributed by atoms with van der Waals surface area (Å²) in [5.74, 6) is -0.263. The average Bonchev–Trinajstić information content (AvgIpc) is 2.73. The van der Waals surface area contributed by atoms with Gasteiger partial charge in [-0.25, -0.2) is 0 Å². The van der Waals surface area contributed by atoms with Crippen LogP contribution in [-0.2, 0) is 11.2 Å². The number of benzene rings is 2. The lowest BCUT2D eigenvalue weighted by atomic mass is 9.89. The van der Waals surface area contributed by atoms with Crippen LogP contribution in [0.1, 0.15) is 46.7 Å². The van der Waals surface area contributed by atoms with E-state index in [-0.39, 0.29) is 12.5 Å². The Morgan fingerprint density at radius 1 is 0.964 bits per heavy atom. The highest BCUT2D eigenvalue weighted by molar-refractivity contribution is 6.06. The number of carbonyl (C=O) groups excluding carboxylic acids is 1. The first-order chi connectivity index (χ1) is 13.6. The fourth-order valence-electron chi connectivity index (χ4n) is 4.41. The Labute approximate surface area is 165 Å². The molecule has 146 valence electrons. The summed E-state index contributed by atoms with van der Waals surface area (Å²) in [6, 6.07) is 16.2. The summed E-state index contributed by atoms with van der Waals surface area (Å²) >= 11 is 0. The third-order valence-electron chi connectivity index (χ3n) is 5.93. The van der Waals surface area contributed by atoms with Gasteiger partial charge in [-0.2, -0.15) is 0 Å². The summed E-state index contributed by atoms with van der Waals surface area (Å²) in [5, 5.41) is 8.92. The van der Waals surface area contributed by atoms with E-state index in [1.165, 1.54) is 11.1 Å². The fraction of sp³-hybridized carbons (Fsp3) is 0.391. The number of amides is 1. The number of aliphatic carboxylic acids is 1. The molecule has 1 N–H and O–H groups in total. The quantitative estimate of drug-likeness (QED) is 0.884. The number of aryl methyl sites for hydroxylation is 1. The Kier molecular flexibility index (Phi) is 5.44. The molecule has 5 nitrogen and oxygen atoms in total. The minimum Gasteiger partial charge on any atom is -0.480 e. The molecule has 1 amide bonds. The normalized spacial score (nSPS) is 17.9. The second-order valence-corrected chi connectivity index (χ2v) is 7.76. The SMILES string of the molecule is O=C(O)CN1CCC(c2ccc(C(=O)N3CCCc4ccccc43)cc2)CC1. The Morgan fingerprint density at radius 3 is 2.39 bits per heavy atom. The van der Waals surface area contributed by atoms with Gasteiger partial charge in [-0.3, -0.25) is 14.5 Å². The van der Waals surface area contributed by atoms with Gasteiger partial charge >= 0.3 is 5.97 Å². The second-order valence-electron chi connectivity index (χ2n) is 7.76. The topological polar surface area (TPSA) is 60.9 Å². The maximum Gasteiger partial charge on any atom is 0.317 e. The molecule has 4 rings (SSSR count). The van der Waals surface area contributed by atoms with Crippen LogP contribution in [0.5, 0.6) is 0 Å². The van der Waals surface area contributed by atoms with Crippen LogP contribution in [0.4, 0.5) is 5.69 Å². The number of carbonyl (C=O) groups is 2. The molecule has 28 heavy (non-hydrogen) atoms. The van der Waals surface area contributed by atoms with Gasteiger partial charge in [0.05, 0.1) is 6.54 Å². The smallest absolute Gasteiger partial charge is 0.317 e. The molecule has 2 aliphatic heterocycles. The van der Waals surface area contributed by atoms with Gasteiger partial charge in [0, 0.05) is 17.8 Å². The number of para-hydroxylation sites is 1. The van der Waals surface area contributed by atoms with Crippen LogP contribution in [0.2, 0.25) is 0 Å². The van der Waals surface area contributed by atoms with Gasteiger partial charge in [0.15, 0.2) is 0 Å². The van der Waals surface area contributed by atoms with E-state index in [0.717, 1.165) is 56.6 Å². The molecule has 2 aromatic carbocycles. The van der Waals surface area contributed by atoms with Crippen molar-refractivity contribution in [1.29, 1.82) is 0 Å². The first-order valence-electron chi connectivity index (χ1n) is 10.1. The highest BCUT2D eigenvalue weighted by atomic mass is 16.4. The second kappa shape index (κ2) is 8.15. The highest BCUT2D eigenvalue weighted by Gasteiger charge is 2.25. The summed E-state index contributed by atoms with van der Waals surface area (Å²) in [4.78, 5) is 27.8. The predicted molar refractivity (Wildman–Crippen MR) is 109 cm³/mol. The van der Waals surface area contributed by atoms with Gasteiger partial charge in [0.1, 0.15) is 0 Å². The molecule has 0 atom stereocenters. The van der Waals surface area contributed by atoms with Crippen LogP contribution in [0.15, 0.2) is 48.5 Å². The van der Waals surface area contributed by atoms with Crippen molar-refractivity contribution in [2.45, 2.75) is 31.6 Å². The van der Waals surface area contributed by atoms with Crippen molar-refractivity contribution in [3.63, 3.8) is 0 Å². The number of hydrogen-bond donors (Lipinski definition) is 1. The minimum atomic E-state index is -0.763. The van der Waals surface area contributed by atoms with Crippen LogP contribution in [-0.4, -0.2) is 48.1 Å². The molecule has 0 saturated carbocycles. The van der Waals surface area contributed by atoms with Crippen molar-refractivity contribution in [2.75, 3.05) is 31.1 Å². The number of piperidine rings is 1. The maximum absolute atomic E-state index is 13.1. The molecular formula is C23H26N2O3. The summed E-state index contributed by atoms with van der Waals surface area (Å²) < 4.78 is 0. The van der Waals surface area contributed by atoms with E-state index in [0.29, 0.717) is 5.92 Å². The molecule has 5 heteroatoms. The zero-order valence-corrected chi connectivity index (χ0v) is 16.0. The third kappa shape index (κ3) is 3.94. The third-order valence-corrected chi connectivity index (χ3v) is 5.93. The monoisotopic (exact) mass is 378 g/mol. The molecule has 0 bridgehead atoms. The van der Waals surface area contributed by atoms with Crippen molar-refractivity contribution >= 4 is 17.6 Å². The zero-order valence-electron chi connectivity index (χ0n) is 16.0. The number of anilines is 1. The van der Waals surface area contributed by atoms with Gasteiger partial charge < -0.3 is 10.0 Å². The number of nitrogens with zero attached hydrogens (tertiary/aromatic N) is 2. The predicted octanol–water partition coefficient (Wildman–Crippen LogP) is 3.54. The lowest BCUT2D eigenvalue weighted by Crippen LogP contribution is -2.36. The van der Waals surface area contributed by atoms with Gasteiger partial charge in [0.25, 0.3) is 5.91 Å². The fourth-order valence-corrected chi connectivity index (χ4v) is 4.41. The van der Waals surface area contributed by atoms with E-state index in [1.807, 2.05) is 40.1 Å². The Hall–Kier alpha value is -2.66. The molecule has 0 spiro atoms. The first kappa shape index (κ1) is 18.7. The van der Waals surface area contributed by atoms with Crippen LogP contribution >= 0.6 is 0 Å². The molecule has 1 saturated heterocycles. The highest BCUT2D eigenvalue weighted by Crippen LogP contribution is 2.30. The molecule has 0 radical (unpaired) electrons. The van der Waals surface area contributed by atoms with Crippen LogP contribution < -0.4 is 4.90 Å². The summed E-state index contributed by atoms with van der Waals surface area (Å²) in [7, 11) is 0. The van der Waals surface area contributed by atoms with Crippen LogP contribution in [0.3, 0.4) is 0 Å². The van der Waals surface area contributed by atoms with E-state index < -0.39 is 5.97 Å². The molecule has 2 aliphatic rings. The number of carboxylic acid groups (broad SMARTS) is 1. The van der Waals surface area contributed by atoms with Crippen molar-refractivity contribution in [3.8, 4) is 0 Å². The van der Waals surface area contributed by atoms with Crippen molar-refractivity contribution in [2.24, 2.45) is 0 Å². The Balaban J connectivity index is 1.43. The molecule has 0 aromatic heterocycles. The number of hydrogen-bond acceptors (Lipinski definition) is 3. The molecule has 0 unspecified atom stereocenters. The Morgan fingerprint density at radius 2 is 1.68 bits per heavy atom. The first-order valence-corrected chi connectivity index (χ1v) is 10.1.